The molecule has 0 aliphatic carbocycles. The van der Waals surface area contributed by atoms with E-state index in [1.54, 1.807) is 0 Å². The fourth-order valence-corrected chi connectivity index (χ4v) is 8.36. The molecule has 0 unspecified atom stereocenters. The molecule has 0 N–H and O–H groups in total. The number of aromatic nitrogens is 1. The Morgan fingerprint density at radius 1 is 0.345 bits per heavy atom. The normalized spacial score (nSPS) is 11.6. The molecular formula is C52H34N2O. The number of fused-ring (bicyclic) bond motifs is 7. The van der Waals surface area contributed by atoms with E-state index in [1.165, 1.54) is 54.8 Å². The van der Waals surface area contributed by atoms with Crippen molar-refractivity contribution in [3.63, 3.8) is 0 Å². The van der Waals surface area contributed by atoms with Crippen LogP contribution in [0.5, 0.6) is 0 Å². The second-order valence-electron chi connectivity index (χ2n) is 14.2. The summed E-state index contributed by atoms with van der Waals surface area (Å²) >= 11 is 0. The third-order valence-electron chi connectivity index (χ3n) is 11.0. The van der Waals surface area contributed by atoms with Gasteiger partial charge in [-0.25, -0.2) is 0 Å². The molecule has 0 fully saturated rings. The first kappa shape index (κ1) is 31.2. The fraction of sp³-hybridized carbons (Fsp3) is 0. The van der Waals surface area contributed by atoms with Crippen LogP contribution < -0.4 is 4.90 Å². The van der Waals surface area contributed by atoms with E-state index in [1.807, 2.05) is 0 Å². The summed E-state index contributed by atoms with van der Waals surface area (Å²) in [6.45, 7) is 0. The Kier molecular flexibility index (Phi) is 7.17. The van der Waals surface area contributed by atoms with Crippen LogP contribution >= 0.6 is 0 Å². The van der Waals surface area contributed by atoms with Gasteiger partial charge in [-0.2, -0.15) is 0 Å². The number of hydrogen-bond donors (Lipinski definition) is 0. The first-order chi connectivity index (χ1) is 27.3. The first-order valence-corrected chi connectivity index (χ1v) is 18.8. The van der Waals surface area contributed by atoms with E-state index in [0.29, 0.717) is 0 Å². The van der Waals surface area contributed by atoms with Crippen LogP contribution in [0.2, 0.25) is 0 Å². The van der Waals surface area contributed by atoms with Crippen LogP contribution in [-0.2, 0) is 0 Å². The molecule has 3 heteroatoms. The molecule has 11 aromatic rings. The van der Waals surface area contributed by atoms with Crippen LogP contribution in [0.4, 0.5) is 17.1 Å². The van der Waals surface area contributed by atoms with Gasteiger partial charge >= 0.3 is 0 Å². The maximum atomic E-state index is 6.73. The highest BCUT2D eigenvalue weighted by molar-refractivity contribution is 6.14. The largest absolute Gasteiger partial charge is 0.456 e. The number of para-hydroxylation sites is 2. The Morgan fingerprint density at radius 2 is 0.909 bits per heavy atom. The molecule has 55 heavy (non-hydrogen) atoms. The number of furan rings is 1. The highest BCUT2D eigenvalue weighted by Crippen LogP contribution is 2.42. The van der Waals surface area contributed by atoms with Crippen molar-refractivity contribution in [3.05, 3.63) is 206 Å². The molecule has 0 atom stereocenters. The molecule has 0 saturated heterocycles. The Morgan fingerprint density at radius 3 is 1.62 bits per heavy atom. The molecule has 11 rings (SSSR count). The van der Waals surface area contributed by atoms with Crippen molar-refractivity contribution >= 4 is 71.6 Å². The highest BCUT2D eigenvalue weighted by Gasteiger charge is 2.20. The van der Waals surface area contributed by atoms with Gasteiger partial charge in [-0.3, -0.25) is 0 Å². The molecule has 0 bridgehead atoms. The number of benzene rings is 9. The van der Waals surface area contributed by atoms with Crippen molar-refractivity contribution < 1.29 is 4.42 Å². The SMILES string of the molecule is c1ccc(-c2ccc(N(c3ccc(-c4ccc5ccccc5c4)cc3)c3ccc4c(c3)oc3cccc(-n5c6ccccc6c6ccccc65)c34)cc2)cc1. The van der Waals surface area contributed by atoms with E-state index < -0.39 is 0 Å². The minimum Gasteiger partial charge on any atom is -0.456 e. The van der Waals surface area contributed by atoms with Crippen LogP contribution in [0.15, 0.2) is 211 Å². The Balaban J connectivity index is 1.05. The zero-order chi connectivity index (χ0) is 36.3. The van der Waals surface area contributed by atoms with E-state index in [2.05, 4.69) is 216 Å². The summed E-state index contributed by atoms with van der Waals surface area (Å²) in [5.41, 5.74) is 13.1. The second-order valence-corrected chi connectivity index (χ2v) is 14.2. The van der Waals surface area contributed by atoms with Gasteiger partial charge in [0.1, 0.15) is 11.2 Å². The minimum atomic E-state index is 0.847. The highest BCUT2D eigenvalue weighted by atomic mass is 16.3. The van der Waals surface area contributed by atoms with Crippen molar-refractivity contribution in [2.45, 2.75) is 0 Å². The average Bonchev–Trinajstić information content (AvgIpc) is 3.80. The number of hydrogen-bond acceptors (Lipinski definition) is 2. The Labute approximate surface area is 318 Å². The van der Waals surface area contributed by atoms with Crippen LogP contribution in [-0.4, -0.2) is 4.57 Å². The smallest absolute Gasteiger partial charge is 0.137 e. The van der Waals surface area contributed by atoms with E-state index in [9.17, 15) is 0 Å². The standard InChI is InChI=1S/C52H34N2O/c1-2-11-35(12-3-1)37-23-27-41(28-24-37)53(42-29-25-38(26-30-42)40-22-21-36-13-4-5-14-39(36)33-40)43-31-32-46-51(34-43)55-50-20-10-19-49(52(46)50)54-47-17-8-6-15-44(47)45-16-7-9-18-48(45)54/h1-34H. The van der Waals surface area contributed by atoms with Crippen molar-refractivity contribution in [2.75, 3.05) is 4.90 Å². The lowest BCUT2D eigenvalue weighted by molar-refractivity contribution is 0.669. The first-order valence-electron chi connectivity index (χ1n) is 18.8. The summed E-state index contributed by atoms with van der Waals surface area (Å²) in [7, 11) is 0. The van der Waals surface area contributed by atoms with Gasteiger partial charge in [-0.1, -0.05) is 133 Å². The van der Waals surface area contributed by atoms with Crippen molar-refractivity contribution in [1.29, 1.82) is 0 Å². The molecule has 2 heterocycles. The molecule has 9 aromatic carbocycles. The molecule has 2 aromatic heterocycles. The Bertz CT molecular complexity index is 3140. The summed E-state index contributed by atoms with van der Waals surface area (Å²) in [4.78, 5) is 2.32. The van der Waals surface area contributed by atoms with Crippen molar-refractivity contribution in [1.82, 2.24) is 4.57 Å². The molecule has 0 aliphatic rings. The van der Waals surface area contributed by atoms with Gasteiger partial charge in [0.2, 0.25) is 0 Å². The lowest BCUT2D eigenvalue weighted by Crippen LogP contribution is -2.09. The third-order valence-corrected chi connectivity index (χ3v) is 11.0. The summed E-state index contributed by atoms with van der Waals surface area (Å²) in [5, 5.41) is 7.16. The van der Waals surface area contributed by atoms with E-state index in [4.69, 9.17) is 4.42 Å². The lowest BCUT2D eigenvalue weighted by Gasteiger charge is -2.26. The van der Waals surface area contributed by atoms with E-state index in [-0.39, 0.29) is 0 Å². The summed E-state index contributed by atoms with van der Waals surface area (Å²) in [6.07, 6.45) is 0. The van der Waals surface area contributed by atoms with E-state index >= 15 is 0 Å². The van der Waals surface area contributed by atoms with Crippen LogP contribution in [0, 0.1) is 0 Å². The quantitative estimate of drug-likeness (QED) is 0.172. The minimum absolute atomic E-state index is 0.847. The monoisotopic (exact) mass is 702 g/mol. The zero-order valence-electron chi connectivity index (χ0n) is 29.9. The Hall–Kier alpha value is -7.36. The predicted octanol–water partition coefficient (Wildman–Crippen LogP) is 14.6. The van der Waals surface area contributed by atoms with Crippen LogP contribution in [0.25, 0.3) is 82.5 Å². The molecule has 0 saturated carbocycles. The zero-order valence-corrected chi connectivity index (χ0v) is 29.9. The summed E-state index contributed by atoms with van der Waals surface area (Å²) in [6, 6.07) is 73.8. The average molecular weight is 703 g/mol. The van der Waals surface area contributed by atoms with Crippen LogP contribution in [0.3, 0.4) is 0 Å². The van der Waals surface area contributed by atoms with Gasteiger partial charge in [-0.05, 0) is 99.8 Å². The third kappa shape index (κ3) is 5.20. The van der Waals surface area contributed by atoms with Gasteiger partial charge in [-0.15, -0.1) is 0 Å². The topological polar surface area (TPSA) is 21.3 Å². The molecular weight excluding hydrogens is 669 g/mol. The number of rotatable bonds is 6. The second kappa shape index (κ2) is 12.6. The lowest BCUT2D eigenvalue weighted by atomic mass is 10.0. The molecule has 0 aliphatic heterocycles. The number of nitrogens with zero attached hydrogens (tertiary/aromatic N) is 2. The fourth-order valence-electron chi connectivity index (χ4n) is 8.36. The molecule has 0 amide bonds. The number of anilines is 3. The summed E-state index contributed by atoms with van der Waals surface area (Å²) in [5.74, 6) is 0. The van der Waals surface area contributed by atoms with Crippen molar-refractivity contribution in [2.24, 2.45) is 0 Å². The van der Waals surface area contributed by atoms with Gasteiger partial charge in [0.25, 0.3) is 0 Å². The van der Waals surface area contributed by atoms with Crippen molar-refractivity contribution in [3.8, 4) is 27.9 Å². The molecule has 0 radical (unpaired) electrons. The molecule has 0 spiro atoms. The van der Waals surface area contributed by atoms with Gasteiger partial charge in [0, 0.05) is 39.3 Å². The van der Waals surface area contributed by atoms with Gasteiger partial charge < -0.3 is 13.9 Å². The maximum Gasteiger partial charge on any atom is 0.137 e. The van der Waals surface area contributed by atoms with Crippen LogP contribution in [0.1, 0.15) is 0 Å². The molecule has 3 nitrogen and oxygen atoms in total. The van der Waals surface area contributed by atoms with E-state index in [0.717, 1.165) is 44.7 Å². The summed E-state index contributed by atoms with van der Waals surface area (Å²) < 4.78 is 9.11. The van der Waals surface area contributed by atoms with Gasteiger partial charge in [0.15, 0.2) is 0 Å². The maximum absolute atomic E-state index is 6.73. The molecule has 258 valence electrons. The van der Waals surface area contributed by atoms with Gasteiger partial charge in [0.05, 0.1) is 22.1 Å². The predicted molar refractivity (Wildman–Crippen MR) is 231 cm³/mol.